The van der Waals surface area contributed by atoms with Gasteiger partial charge in [-0.2, -0.15) is 13.2 Å². The fourth-order valence-corrected chi connectivity index (χ4v) is 3.62. The molecule has 0 fully saturated rings. The molecule has 1 aliphatic rings. The van der Waals surface area contributed by atoms with Crippen LogP contribution in [-0.2, 0) is 10.2 Å². The van der Waals surface area contributed by atoms with Gasteiger partial charge in [0.25, 0.3) is 0 Å². The lowest BCUT2D eigenvalue weighted by Crippen LogP contribution is -2.49. The van der Waals surface area contributed by atoms with Crippen LogP contribution in [0, 0.1) is 0 Å². The third-order valence-electron chi connectivity index (χ3n) is 4.96. The zero-order valence-electron chi connectivity index (χ0n) is 16.2. The minimum Gasteiger partial charge on any atom is -0.492 e. The molecule has 2 unspecified atom stereocenters. The lowest BCUT2D eigenvalue weighted by molar-refractivity contribution is -0.122. The van der Waals surface area contributed by atoms with Crippen LogP contribution in [0.4, 0.5) is 13.2 Å². The number of alkyl halides is 3. The smallest absolute Gasteiger partial charge is 0.432 e. The molecule has 1 aromatic heterocycles. The first-order valence-corrected chi connectivity index (χ1v) is 9.50. The van der Waals surface area contributed by atoms with E-state index in [-0.39, 0.29) is 0 Å². The highest BCUT2D eigenvalue weighted by Gasteiger charge is 2.47. The molecular weight excluding hydrogens is 419 g/mol. The van der Waals surface area contributed by atoms with Crippen molar-refractivity contribution in [2.45, 2.75) is 31.5 Å². The van der Waals surface area contributed by atoms with Gasteiger partial charge in [0.2, 0.25) is 5.91 Å². The summed E-state index contributed by atoms with van der Waals surface area (Å²) in [6.07, 6.45) is -1.14. The first-order valence-electron chi connectivity index (χ1n) is 9.13. The quantitative estimate of drug-likeness (QED) is 0.748. The van der Waals surface area contributed by atoms with Crippen LogP contribution in [-0.4, -0.2) is 35.4 Å². The van der Waals surface area contributed by atoms with Crippen molar-refractivity contribution in [3.8, 4) is 17.0 Å². The van der Waals surface area contributed by atoms with Gasteiger partial charge in [-0.3, -0.25) is 14.8 Å². The maximum Gasteiger partial charge on any atom is 0.432 e. The van der Waals surface area contributed by atoms with E-state index in [0.717, 1.165) is 12.2 Å². The van der Waals surface area contributed by atoms with E-state index >= 15 is 0 Å². The molecule has 3 rings (SSSR count). The molecule has 0 saturated carbocycles. The summed E-state index contributed by atoms with van der Waals surface area (Å²) in [6, 6.07) is 7.07. The van der Waals surface area contributed by atoms with Crippen molar-refractivity contribution in [2.24, 2.45) is 10.7 Å². The van der Waals surface area contributed by atoms with E-state index in [1.54, 1.807) is 30.3 Å². The van der Waals surface area contributed by atoms with Gasteiger partial charge in [-0.05, 0) is 49.8 Å². The van der Waals surface area contributed by atoms with Crippen molar-refractivity contribution < 1.29 is 22.7 Å². The Morgan fingerprint density at radius 2 is 2.03 bits per heavy atom. The van der Waals surface area contributed by atoms with Gasteiger partial charge in [-0.15, -0.1) is 0 Å². The summed E-state index contributed by atoms with van der Waals surface area (Å²) >= 11 is 6.33. The average Bonchev–Trinajstić information content (AvgIpc) is 2.68. The molecule has 0 radical (unpaired) electrons. The van der Waals surface area contributed by atoms with Gasteiger partial charge in [0.05, 0.1) is 24.5 Å². The molecule has 2 N–H and O–H groups in total. The van der Waals surface area contributed by atoms with Crippen LogP contribution < -0.4 is 10.5 Å². The van der Waals surface area contributed by atoms with Crippen molar-refractivity contribution in [3.63, 3.8) is 0 Å². The predicted octanol–water partition coefficient (Wildman–Crippen LogP) is 4.49. The molecule has 2 heterocycles. The molecule has 30 heavy (non-hydrogen) atoms. The van der Waals surface area contributed by atoms with E-state index in [1.807, 2.05) is 6.92 Å². The predicted molar refractivity (Wildman–Crippen MR) is 109 cm³/mol. The summed E-state index contributed by atoms with van der Waals surface area (Å²) in [4.78, 5) is 20.5. The number of ether oxygens (including phenoxy) is 1. The number of hydrogen-bond donors (Lipinski definition) is 1. The maximum absolute atomic E-state index is 13.1. The lowest BCUT2D eigenvalue weighted by atomic mass is 9.72. The number of carbonyl (C=O) groups is 1. The molecule has 0 bridgehead atoms. The summed E-state index contributed by atoms with van der Waals surface area (Å²) in [5.41, 5.74) is 4.42. The molecule has 1 amide bonds. The Bertz CT molecular complexity index is 1020. The SMILES string of the molecule is CCOc1ccc(-c2cc(C3(C(N)=O)C=CC(C(F)(F)F)=NC3C)ccc2Cl)nc1. The minimum absolute atomic E-state index is 0.363. The van der Waals surface area contributed by atoms with Crippen LogP contribution in [0.5, 0.6) is 5.75 Å². The number of allylic oxidation sites excluding steroid dienone is 1. The average molecular weight is 438 g/mol. The molecule has 0 saturated heterocycles. The molecule has 2 aromatic rings. The normalized spacial score (nSPS) is 21.3. The van der Waals surface area contributed by atoms with Crippen LogP contribution in [0.25, 0.3) is 11.3 Å². The number of primary amides is 1. The summed E-state index contributed by atoms with van der Waals surface area (Å²) < 4.78 is 44.6. The Morgan fingerprint density at radius 1 is 1.30 bits per heavy atom. The standard InChI is InChI=1S/C21H19ClF3N3O2/c1-3-30-14-5-7-17(27-11-14)15-10-13(4-6-16(15)22)20(19(26)29)9-8-18(21(23,24)25)28-12(20)2/h4-12H,3H2,1-2H3,(H2,26,29). The zero-order valence-corrected chi connectivity index (χ0v) is 17.0. The fraction of sp³-hybridized carbons (Fsp3) is 0.286. The van der Waals surface area contributed by atoms with E-state index in [9.17, 15) is 18.0 Å². The summed E-state index contributed by atoms with van der Waals surface area (Å²) in [5, 5.41) is 0.363. The Hall–Kier alpha value is -2.87. The summed E-state index contributed by atoms with van der Waals surface area (Å²) in [7, 11) is 0. The van der Waals surface area contributed by atoms with Crippen molar-refractivity contribution in [1.29, 1.82) is 0 Å². The number of aromatic nitrogens is 1. The van der Waals surface area contributed by atoms with Crippen LogP contribution >= 0.6 is 11.6 Å². The molecule has 1 aromatic carbocycles. The van der Waals surface area contributed by atoms with Crippen molar-refractivity contribution in [2.75, 3.05) is 6.61 Å². The van der Waals surface area contributed by atoms with E-state index in [4.69, 9.17) is 22.1 Å². The summed E-state index contributed by atoms with van der Waals surface area (Å²) in [6.45, 7) is 3.76. The zero-order chi connectivity index (χ0) is 22.1. The number of rotatable bonds is 5. The molecular formula is C21H19ClF3N3O2. The Kier molecular flexibility index (Phi) is 5.90. The summed E-state index contributed by atoms with van der Waals surface area (Å²) in [5.74, 6) is -0.232. The second-order valence-electron chi connectivity index (χ2n) is 6.76. The van der Waals surface area contributed by atoms with Crippen LogP contribution in [0.15, 0.2) is 53.7 Å². The van der Waals surface area contributed by atoms with Gasteiger partial charge < -0.3 is 10.5 Å². The van der Waals surface area contributed by atoms with Gasteiger partial charge in [-0.1, -0.05) is 23.7 Å². The van der Waals surface area contributed by atoms with Gasteiger partial charge in [0.1, 0.15) is 16.9 Å². The number of amides is 1. The topological polar surface area (TPSA) is 77.6 Å². The minimum atomic E-state index is -4.62. The first kappa shape index (κ1) is 21.8. The molecule has 0 aliphatic carbocycles. The van der Waals surface area contributed by atoms with E-state index < -0.39 is 29.3 Å². The molecule has 5 nitrogen and oxygen atoms in total. The monoisotopic (exact) mass is 437 g/mol. The van der Waals surface area contributed by atoms with E-state index in [1.165, 1.54) is 13.1 Å². The number of benzene rings is 1. The Morgan fingerprint density at radius 3 is 2.57 bits per heavy atom. The molecule has 1 aliphatic heterocycles. The Labute approximate surface area is 176 Å². The number of carbonyl (C=O) groups excluding carboxylic acids is 1. The Balaban J connectivity index is 2.08. The maximum atomic E-state index is 13.1. The van der Waals surface area contributed by atoms with Crippen LogP contribution in [0.1, 0.15) is 19.4 Å². The van der Waals surface area contributed by atoms with Gasteiger partial charge >= 0.3 is 6.18 Å². The van der Waals surface area contributed by atoms with E-state index in [2.05, 4.69) is 9.98 Å². The number of aliphatic imine (C=N–C) groups is 1. The number of nitrogens with two attached hydrogens (primary N) is 1. The first-order chi connectivity index (χ1) is 14.1. The number of dihydropyridines is 1. The third kappa shape index (κ3) is 3.92. The lowest BCUT2D eigenvalue weighted by Gasteiger charge is -2.35. The fourth-order valence-electron chi connectivity index (χ4n) is 3.41. The molecule has 2 atom stereocenters. The van der Waals surface area contributed by atoms with Crippen molar-refractivity contribution >= 4 is 23.2 Å². The molecule has 0 spiro atoms. The second-order valence-corrected chi connectivity index (χ2v) is 7.17. The highest BCUT2D eigenvalue weighted by Crippen LogP contribution is 2.39. The van der Waals surface area contributed by atoms with Crippen LogP contribution in [0.2, 0.25) is 5.02 Å². The van der Waals surface area contributed by atoms with Crippen molar-refractivity contribution in [3.05, 3.63) is 59.3 Å². The highest BCUT2D eigenvalue weighted by atomic mass is 35.5. The van der Waals surface area contributed by atoms with Gasteiger partial charge in [-0.25, -0.2) is 0 Å². The number of nitrogens with zero attached hydrogens (tertiary/aromatic N) is 2. The third-order valence-corrected chi connectivity index (χ3v) is 5.29. The van der Waals surface area contributed by atoms with Crippen LogP contribution in [0.3, 0.4) is 0 Å². The second kappa shape index (κ2) is 8.10. The molecule has 158 valence electrons. The largest absolute Gasteiger partial charge is 0.492 e. The number of hydrogen-bond acceptors (Lipinski definition) is 4. The van der Waals surface area contributed by atoms with Crippen molar-refractivity contribution in [1.82, 2.24) is 4.98 Å². The highest BCUT2D eigenvalue weighted by molar-refractivity contribution is 6.33. The van der Waals surface area contributed by atoms with E-state index in [0.29, 0.717) is 34.2 Å². The van der Waals surface area contributed by atoms with Gasteiger partial charge in [0, 0.05) is 10.6 Å². The molecule has 9 heteroatoms. The van der Waals surface area contributed by atoms with Gasteiger partial charge in [0.15, 0.2) is 0 Å². The number of pyridine rings is 1. The number of halogens is 4.